The monoisotopic (exact) mass is 200 g/mol. The van der Waals surface area contributed by atoms with Gasteiger partial charge in [-0.05, 0) is 25.7 Å². The van der Waals surface area contributed by atoms with Crippen molar-refractivity contribution in [1.82, 2.24) is 0 Å². The highest BCUT2D eigenvalue weighted by atomic mass is 16.6. The van der Waals surface area contributed by atoms with E-state index in [1.54, 1.807) is 0 Å². The molecule has 0 aromatic carbocycles. The van der Waals surface area contributed by atoms with E-state index in [2.05, 4.69) is 6.92 Å². The molecule has 3 saturated heterocycles. The quantitative estimate of drug-likeness (QED) is 0.634. The second kappa shape index (κ2) is 5.10. The molecule has 3 unspecified atom stereocenters. The van der Waals surface area contributed by atoms with Gasteiger partial charge < -0.3 is 14.2 Å². The normalized spacial score (nSPS) is 37.1. The highest BCUT2D eigenvalue weighted by Gasteiger charge is 2.25. The van der Waals surface area contributed by atoms with Crippen molar-refractivity contribution in [1.29, 1.82) is 0 Å². The summed E-state index contributed by atoms with van der Waals surface area (Å²) < 4.78 is 15.0. The van der Waals surface area contributed by atoms with Gasteiger partial charge in [-0.2, -0.15) is 0 Å². The molecule has 0 aliphatic carbocycles. The van der Waals surface area contributed by atoms with Gasteiger partial charge in [0.25, 0.3) is 0 Å². The van der Waals surface area contributed by atoms with E-state index in [1.807, 2.05) is 0 Å². The van der Waals surface area contributed by atoms with E-state index >= 15 is 0 Å². The molecule has 3 heterocycles. The first-order valence-corrected chi connectivity index (χ1v) is 5.73. The number of rotatable bonds is 5. The zero-order valence-electron chi connectivity index (χ0n) is 8.91. The van der Waals surface area contributed by atoms with Crippen LogP contribution >= 0.6 is 0 Å². The molecule has 0 spiro atoms. The molecule has 82 valence electrons. The second-order valence-corrected chi connectivity index (χ2v) is 4.21. The highest BCUT2D eigenvalue weighted by Crippen LogP contribution is 2.21. The molecule has 0 bridgehead atoms. The maximum atomic E-state index is 5.07. The molecule has 3 rings (SSSR count). The standard InChI is InChI=1S/C7H12O2.C4H8O/c1(2-6-4-8-6)3-7-5-9-7;1-2-4-3-5-4/h6-7H,1-5H2;4H,2-3H2,1H3. The lowest BCUT2D eigenvalue weighted by Gasteiger charge is -1.90. The minimum absolute atomic E-state index is 0.615. The van der Waals surface area contributed by atoms with Crippen LogP contribution in [0.1, 0.15) is 32.6 Å². The Balaban J connectivity index is 0.000000128. The molecular formula is C11H20O3. The molecule has 3 heteroatoms. The van der Waals surface area contributed by atoms with Gasteiger partial charge in [0.1, 0.15) is 0 Å². The first kappa shape index (κ1) is 10.4. The van der Waals surface area contributed by atoms with E-state index in [0.717, 1.165) is 19.8 Å². The van der Waals surface area contributed by atoms with Crippen molar-refractivity contribution in [2.24, 2.45) is 0 Å². The lowest BCUT2D eigenvalue weighted by molar-refractivity contribution is 0.365. The number of hydrogen-bond donors (Lipinski definition) is 0. The van der Waals surface area contributed by atoms with Gasteiger partial charge in [-0.3, -0.25) is 0 Å². The smallest absolute Gasteiger partial charge is 0.0810 e. The van der Waals surface area contributed by atoms with Crippen LogP contribution in [0.4, 0.5) is 0 Å². The van der Waals surface area contributed by atoms with Crippen LogP contribution in [0.25, 0.3) is 0 Å². The topological polar surface area (TPSA) is 37.6 Å². The molecule has 0 aromatic rings. The van der Waals surface area contributed by atoms with Crippen LogP contribution in [-0.4, -0.2) is 38.1 Å². The van der Waals surface area contributed by atoms with Crippen LogP contribution in [0, 0.1) is 0 Å². The predicted molar refractivity (Wildman–Crippen MR) is 53.4 cm³/mol. The van der Waals surface area contributed by atoms with Crippen molar-refractivity contribution in [2.45, 2.75) is 50.9 Å². The van der Waals surface area contributed by atoms with E-state index in [-0.39, 0.29) is 0 Å². The van der Waals surface area contributed by atoms with E-state index in [0.29, 0.717) is 18.3 Å². The minimum Gasteiger partial charge on any atom is -0.373 e. The number of hydrogen-bond acceptors (Lipinski definition) is 3. The Kier molecular flexibility index (Phi) is 3.79. The summed E-state index contributed by atoms with van der Waals surface area (Å²) >= 11 is 0. The summed E-state index contributed by atoms with van der Waals surface area (Å²) in [5.41, 5.74) is 0. The minimum atomic E-state index is 0.615. The first-order chi connectivity index (χ1) is 6.88. The van der Waals surface area contributed by atoms with Gasteiger partial charge in [0, 0.05) is 0 Å². The zero-order valence-corrected chi connectivity index (χ0v) is 8.91. The van der Waals surface area contributed by atoms with Crippen molar-refractivity contribution in [3.8, 4) is 0 Å². The number of ether oxygens (including phenoxy) is 3. The van der Waals surface area contributed by atoms with Gasteiger partial charge in [-0.15, -0.1) is 0 Å². The first-order valence-electron chi connectivity index (χ1n) is 5.73. The molecule has 3 aliphatic rings. The lowest BCUT2D eigenvalue weighted by atomic mass is 10.2. The van der Waals surface area contributed by atoms with Crippen LogP contribution in [0.15, 0.2) is 0 Å². The molecular weight excluding hydrogens is 180 g/mol. The molecule has 14 heavy (non-hydrogen) atoms. The Morgan fingerprint density at radius 2 is 1.29 bits per heavy atom. The van der Waals surface area contributed by atoms with E-state index in [4.69, 9.17) is 14.2 Å². The van der Waals surface area contributed by atoms with Crippen molar-refractivity contribution < 1.29 is 14.2 Å². The number of epoxide rings is 3. The molecule has 0 aromatic heterocycles. The van der Waals surface area contributed by atoms with Crippen molar-refractivity contribution >= 4 is 0 Å². The third-order valence-electron chi connectivity index (χ3n) is 2.71. The average Bonchev–Trinajstić information content (AvgIpc) is 2.96. The van der Waals surface area contributed by atoms with Crippen LogP contribution < -0.4 is 0 Å². The fraction of sp³-hybridized carbons (Fsp3) is 1.00. The molecule has 0 amide bonds. The summed E-state index contributed by atoms with van der Waals surface area (Å²) in [6, 6.07) is 0. The molecule has 0 N–H and O–H groups in total. The second-order valence-electron chi connectivity index (χ2n) is 4.21. The van der Waals surface area contributed by atoms with Gasteiger partial charge in [0.05, 0.1) is 38.1 Å². The van der Waals surface area contributed by atoms with E-state index in [1.165, 1.54) is 25.7 Å². The molecule has 3 nitrogen and oxygen atoms in total. The molecule has 0 radical (unpaired) electrons. The van der Waals surface area contributed by atoms with E-state index in [9.17, 15) is 0 Å². The van der Waals surface area contributed by atoms with Crippen LogP contribution in [0.3, 0.4) is 0 Å². The third-order valence-corrected chi connectivity index (χ3v) is 2.71. The molecule has 0 saturated carbocycles. The Labute approximate surface area is 85.7 Å². The summed E-state index contributed by atoms with van der Waals surface area (Å²) in [6.07, 6.45) is 6.84. The molecule has 3 aliphatic heterocycles. The lowest BCUT2D eigenvalue weighted by Crippen LogP contribution is -1.89. The van der Waals surface area contributed by atoms with Gasteiger partial charge >= 0.3 is 0 Å². The zero-order chi connectivity index (χ0) is 9.80. The SMILES string of the molecule is C(CC1CO1)CC1CO1.CCC1CO1. The molecule has 3 fully saturated rings. The van der Waals surface area contributed by atoms with Gasteiger partial charge in [-0.1, -0.05) is 6.92 Å². The fourth-order valence-electron chi connectivity index (χ4n) is 1.35. The van der Waals surface area contributed by atoms with E-state index < -0.39 is 0 Å². The maximum absolute atomic E-state index is 5.07. The third kappa shape index (κ3) is 4.94. The van der Waals surface area contributed by atoms with Crippen molar-refractivity contribution in [3.05, 3.63) is 0 Å². The highest BCUT2D eigenvalue weighted by molar-refractivity contribution is 4.73. The molecule has 3 atom stereocenters. The van der Waals surface area contributed by atoms with Crippen LogP contribution in [0.2, 0.25) is 0 Å². The predicted octanol–water partition coefficient (Wildman–Crippen LogP) is 1.75. The maximum Gasteiger partial charge on any atom is 0.0810 e. The Bertz CT molecular complexity index is 148. The summed E-state index contributed by atoms with van der Waals surface area (Å²) in [5, 5.41) is 0. The Morgan fingerprint density at radius 1 is 0.857 bits per heavy atom. The van der Waals surface area contributed by atoms with Gasteiger partial charge in [-0.25, -0.2) is 0 Å². The summed E-state index contributed by atoms with van der Waals surface area (Å²) in [6.45, 7) is 5.16. The van der Waals surface area contributed by atoms with Gasteiger partial charge in [0.15, 0.2) is 0 Å². The fourth-order valence-corrected chi connectivity index (χ4v) is 1.35. The Hall–Kier alpha value is -0.120. The summed E-state index contributed by atoms with van der Waals surface area (Å²) in [5.74, 6) is 0. The van der Waals surface area contributed by atoms with Crippen LogP contribution in [0.5, 0.6) is 0 Å². The largest absolute Gasteiger partial charge is 0.373 e. The summed E-state index contributed by atoms with van der Waals surface area (Å²) in [4.78, 5) is 0. The average molecular weight is 200 g/mol. The van der Waals surface area contributed by atoms with Crippen molar-refractivity contribution in [3.63, 3.8) is 0 Å². The Morgan fingerprint density at radius 3 is 1.50 bits per heavy atom. The van der Waals surface area contributed by atoms with Gasteiger partial charge in [0.2, 0.25) is 0 Å². The van der Waals surface area contributed by atoms with Crippen molar-refractivity contribution in [2.75, 3.05) is 19.8 Å². The summed E-state index contributed by atoms with van der Waals surface area (Å²) in [7, 11) is 0. The van der Waals surface area contributed by atoms with Crippen LogP contribution in [-0.2, 0) is 14.2 Å².